The van der Waals surface area contributed by atoms with Crippen LogP contribution in [0, 0.1) is 0 Å². The van der Waals surface area contributed by atoms with Crippen LogP contribution in [-0.4, -0.2) is 24.1 Å². The fraction of sp³-hybridized carbons (Fsp3) is 0.250. The van der Waals surface area contributed by atoms with E-state index in [1.807, 2.05) is 67.5 Å². The van der Waals surface area contributed by atoms with Crippen molar-refractivity contribution in [1.82, 2.24) is 4.90 Å². The number of rotatable bonds is 4. The second kappa shape index (κ2) is 5.80. The van der Waals surface area contributed by atoms with Crippen molar-refractivity contribution in [2.24, 2.45) is 0 Å². The molecule has 0 aliphatic heterocycles. The minimum absolute atomic E-state index is 0.0337. The first-order valence-electron chi connectivity index (χ1n) is 6.14. The van der Waals surface area contributed by atoms with E-state index in [0.29, 0.717) is 0 Å². The Balaban J connectivity index is 2.32. The first-order chi connectivity index (χ1) is 8.70. The van der Waals surface area contributed by atoms with E-state index < -0.39 is 6.10 Å². The van der Waals surface area contributed by atoms with Gasteiger partial charge in [0.15, 0.2) is 0 Å². The smallest absolute Gasteiger partial charge is 0.0986 e. The molecule has 0 aliphatic carbocycles. The molecule has 0 aliphatic rings. The van der Waals surface area contributed by atoms with Gasteiger partial charge in [0.25, 0.3) is 0 Å². The van der Waals surface area contributed by atoms with Crippen molar-refractivity contribution in [3.63, 3.8) is 0 Å². The average molecular weight is 241 g/mol. The largest absolute Gasteiger partial charge is 0.386 e. The fourth-order valence-corrected chi connectivity index (χ4v) is 2.25. The van der Waals surface area contributed by atoms with E-state index in [9.17, 15) is 5.11 Å². The maximum absolute atomic E-state index is 10.6. The van der Waals surface area contributed by atoms with Crippen LogP contribution in [0.25, 0.3) is 0 Å². The van der Waals surface area contributed by atoms with Gasteiger partial charge in [-0.05, 0) is 25.2 Å². The fourth-order valence-electron chi connectivity index (χ4n) is 2.25. The summed E-state index contributed by atoms with van der Waals surface area (Å²) in [5.74, 6) is 0. The number of nitrogens with zero attached hydrogens (tertiary/aromatic N) is 1. The Hall–Kier alpha value is -1.64. The third kappa shape index (κ3) is 2.78. The third-order valence-electron chi connectivity index (χ3n) is 3.14. The van der Waals surface area contributed by atoms with Gasteiger partial charge in [0.2, 0.25) is 0 Å². The first-order valence-corrected chi connectivity index (χ1v) is 6.14. The van der Waals surface area contributed by atoms with Crippen LogP contribution in [0.1, 0.15) is 23.3 Å². The van der Waals surface area contributed by atoms with Crippen LogP contribution in [0.3, 0.4) is 0 Å². The van der Waals surface area contributed by atoms with Crippen molar-refractivity contribution in [3.8, 4) is 0 Å². The van der Waals surface area contributed by atoms with Gasteiger partial charge in [-0.25, -0.2) is 0 Å². The highest BCUT2D eigenvalue weighted by molar-refractivity contribution is 5.26. The van der Waals surface area contributed by atoms with Gasteiger partial charge in [0.1, 0.15) is 0 Å². The molecule has 0 radical (unpaired) electrons. The Morgan fingerprint density at radius 1 is 0.778 bits per heavy atom. The molecule has 0 saturated heterocycles. The van der Waals surface area contributed by atoms with Crippen molar-refractivity contribution in [3.05, 3.63) is 71.8 Å². The molecule has 2 aromatic rings. The van der Waals surface area contributed by atoms with Crippen LogP contribution >= 0.6 is 0 Å². The molecule has 2 nitrogen and oxygen atoms in total. The monoisotopic (exact) mass is 241 g/mol. The van der Waals surface area contributed by atoms with E-state index in [2.05, 4.69) is 12.1 Å². The second-order valence-corrected chi connectivity index (χ2v) is 4.67. The zero-order valence-corrected chi connectivity index (χ0v) is 10.8. The molecule has 2 rings (SSSR count). The lowest BCUT2D eigenvalue weighted by atomic mass is 9.95. The molecule has 0 spiro atoms. The zero-order chi connectivity index (χ0) is 13.0. The molecule has 18 heavy (non-hydrogen) atoms. The summed E-state index contributed by atoms with van der Waals surface area (Å²) < 4.78 is 0. The van der Waals surface area contributed by atoms with Crippen LogP contribution in [0.2, 0.25) is 0 Å². The lowest BCUT2D eigenvalue weighted by molar-refractivity contribution is 0.0754. The molecule has 0 amide bonds. The molecule has 0 aromatic heterocycles. The molecule has 0 heterocycles. The lowest BCUT2D eigenvalue weighted by Crippen LogP contribution is -2.26. The minimum Gasteiger partial charge on any atom is -0.386 e. The molecule has 2 heteroatoms. The number of hydrogen-bond acceptors (Lipinski definition) is 2. The molecule has 0 bridgehead atoms. The molecule has 0 saturated carbocycles. The molecule has 0 fully saturated rings. The van der Waals surface area contributed by atoms with Crippen LogP contribution in [-0.2, 0) is 0 Å². The van der Waals surface area contributed by atoms with Crippen LogP contribution in [0.5, 0.6) is 0 Å². The number of aliphatic hydroxyl groups is 1. The van der Waals surface area contributed by atoms with Crippen molar-refractivity contribution >= 4 is 0 Å². The molecule has 94 valence electrons. The Bertz CT molecular complexity index is 467. The van der Waals surface area contributed by atoms with E-state index in [1.54, 1.807) is 0 Å². The zero-order valence-electron chi connectivity index (χ0n) is 10.8. The Morgan fingerprint density at radius 3 is 1.67 bits per heavy atom. The highest BCUT2D eigenvalue weighted by Crippen LogP contribution is 2.32. The van der Waals surface area contributed by atoms with Gasteiger partial charge in [-0.1, -0.05) is 60.7 Å². The highest BCUT2D eigenvalue weighted by atomic mass is 16.3. The van der Waals surface area contributed by atoms with Gasteiger partial charge in [-0.15, -0.1) is 0 Å². The summed E-state index contributed by atoms with van der Waals surface area (Å²) in [5.41, 5.74) is 2.07. The summed E-state index contributed by atoms with van der Waals surface area (Å²) in [5, 5.41) is 10.6. The van der Waals surface area contributed by atoms with Crippen molar-refractivity contribution in [2.45, 2.75) is 12.1 Å². The van der Waals surface area contributed by atoms with E-state index in [4.69, 9.17) is 0 Å². The Kier molecular flexibility index (Phi) is 4.13. The lowest BCUT2D eigenvalue weighted by Gasteiger charge is -2.29. The number of benzene rings is 2. The molecular formula is C16H19NO. The maximum atomic E-state index is 10.6. The van der Waals surface area contributed by atoms with Crippen molar-refractivity contribution < 1.29 is 5.11 Å². The third-order valence-corrected chi connectivity index (χ3v) is 3.14. The average Bonchev–Trinajstić information content (AvgIpc) is 2.40. The molecule has 2 atom stereocenters. The number of likely N-dealkylation sites (N-methyl/N-ethyl adjacent to an activating group) is 1. The number of hydrogen-bond donors (Lipinski definition) is 1. The standard InChI is InChI=1S/C16H19NO/c1-17(2)15(13-9-5-3-6-10-13)16(18)14-11-7-4-8-12-14/h3-12,15-16,18H,1-2H3/t15-,16+/m1/s1. The molecular weight excluding hydrogens is 222 g/mol. The second-order valence-electron chi connectivity index (χ2n) is 4.67. The molecule has 1 N–H and O–H groups in total. The summed E-state index contributed by atoms with van der Waals surface area (Å²) in [6, 6.07) is 19.9. The van der Waals surface area contributed by atoms with Crippen molar-refractivity contribution in [1.29, 1.82) is 0 Å². The first kappa shape index (κ1) is 12.8. The molecule has 0 unspecified atom stereocenters. The van der Waals surface area contributed by atoms with Gasteiger partial charge in [0, 0.05) is 0 Å². The normalized spacial score (nSPS) is 14.4. The van der Waals surface area contributed by atoms with E-state index in [0.717, 1.165) is 11.1 Å². The van der Waals surface area contributed by atoms with Crippen molar-refractivity contribution in [2.75, 3.05) is 14.1 Å². The Labute approximate surface area is 109 Å². The van der Waals surface area contributed by atoms with Crippen LogP contribution in [0.15, 0.2) is 60.7 Å². The predicted octanol–water partition coefficient (Wildman–Crippen LogP) is 3.02. The van der Waals surface area contributed by atoms with E-state index in [1.165, 1.54) is 0 Å². The van der Waals surface area contributed by atoms with Crippen LogP contribution < -0.4 is 0 Å². The maximum Gasteiger partial charge on any atom is 0.0986 e. The quantitative estimate of drug-likeness (QED) is 0.889. The van der Waals surface area contributed by atoms with Gasteiger partial charge >= 0.3 is 0 Å². The summed E-state index contributed by atoms with van der Waals surface area (Å²) in [6.45, 7) is 0. The van der Waals surface area contributed by atoms with Gasteiger partial charge in [-0.3, -0.25) is 4.90 Å². The SMILES string of the molecule is CN(C)[C@H](c1ccccc1)[C@@H](O)c1ccccc1. The van der Waals surface area contributed by atoms with E-state index >= 15 is 0 Å². The summed E-state index contributed by atoms with van der Waals surface area (Å²) in [4.78, 5) is 2.05. The highest BCUT2D eigenvalue weighted by Gasteiger charge is 2.24. The topological polar surface area (TPSA) is 23.5 Å². The van der Waals surface area contributed by atoms with Gasteiger partial charge < -0.3 is 5.11 Å². The Morgan fingerprint density at radius 2 is 1.22 bits per heavy atom. The summed E-state index contributed by atoms with van der Waals surface area (Å²) in [7, 11) is 3.98. The minimum atomic E-state index is -0.524. The number of aliphatic hydroxyl groups excluding tert-OH is 1. The summed E-state index contributed by atoms with van der Waals surface area (Å²) in [6.07, 6.45) is -0.524. The predicted molar refractivity (Wildman–Crippen MR) is 74.3 cm³/mol. The van der Waals surface area contributed by atoms with Gasteiger partial charge in [-0.2, -0.15) is 0 Å². The van der Waals surface area contributed by atoms with E-state index in [-0.39, 0.29) is 6.04 Å². The van der Waals surface area contributed by atoms with Gasteiger partial charge in [0.05, 0.1) is 12.1 Å². The van der Waals surface area contributed by atoms with Crippen LogP contribution in [0.4, 0.5) is 0 Å². The molecule has 2 aromatic carbocycles. The summed E-state index contributed by atoms with van der Waals surface area (Å²) >= 11 is 0.